The van der Waals surface area contributed by atoms with Crippen molar-refractivity contribution >= 4 is 17.6 Å². The van der Waals surface area contributed by atoms with Crippen LogP contribution in [-0.2, 0) is 22.1 Å². The van der Waals surface area contributed by atoms with Crippen LogP contribution in [0.5, 0.6) is 5.75 Å². The number of hydrogen-bond acceptors (Lipinski definition) is 4. The summed E-state index contributed by atoms with van der Waals surface area (Å²) in [7, 11) is 2.62. The molecule has 2 aromatic carbocycles. The van der Waals surface area contributed by atoms with Gasteiger partial charge in [0.25, 0.3) is 0 Å². The molecule has 0 saturated carbocycles. The summed E-state index contributed by atoms with van der Waals surface area (Å²) in [5, 5.41) is 0. The average Bonchev–Trinajstić information content (AvgIpc) is 2.67. The highest BCUT2D eigenvalue weighted by atomic mass is 19.4. The summed E-state index contributed by atoms with van der Waals surface area (Å²) in [5.74, 6) is -0.730. The maximum Gasteiger partial charge on any atom is 0.416 e. The van der Waals surface area contributed by atoms with Gasteiger partial charge < -0.3 is 14.4 Å². The van der Waals surface area contributed by atoms with Crippen LogP contribution >= 0.6 is 0 Å². The Morgan fingerprint density at radius 2 is 1.79 bits per heavy atom. The highest BCUT2D eigenvalue weighted by Gasteiger charge is 2.30. The van der Waals surface area contributed by atoms with E-state index in [4.69, 9.17) is 4.74 Å². The van der Waals surface area contributed by atoms with Gasteiger partial charge in [0.2, 0.25) is 5.91 Å². The minimum absolute atomic E-state index is 0.196. The van der Waals surface area contributed by atoms with Gasteiger partial charge in [-0.1, -0.05) is 18.2 Å². The van der Waals surface area contributed by atoms with Gasteiger partial charge in [-0.2, -0.15) is 13.2 Å². The molecule has 0 spiro atoms. The first-order valence-electron chi connectivity index (χ1n) is 8.44. The van der Waals surface area contributed by atoms with Crippen LogP contribution in [0.15, 0.2) is 42.5 Å². The Kier molecular flexibility index (Phi) is 6.66. The number of anilines is 1. The first kappa shape index (κ1) is 21.3. The van der Waals surface area contributed by atoms with E-state index < -0.39 is 17.7 Å². The van der Waals surface area contributed by atoms with Crippen LogP contribution in [0, 0.1) is 0 Å². The highest BCUT2D eigenvalue weighted by Crippen LogP contribution is 2.30. The Morgan fingerprint density at radius 1 is 1.07 bits per heavy atom. The fourth-order valence-corrected chi connectivity index (χ4v) is 2.76. The molecule has 0 atom stereocenters. The van der Waals surface area contributed by atoms with E-state index in [0.717, 1.165) is 12.1 Å². The van der Waals surface area contributed by atoms with Gasteiger partial charge in [0.05, 0.1) is 26.2 Å². The van der Waals surface area contributed by atoms with Crippen LogP contribution in [0.1, 0.15) is 28.4 Å². The molecule has 0 aliphatic carbocycles. The standard InChI is InChI=1S/C20H20F3NO4/c1-4-24(15-8-9-16(19(26)28-3)17(12-15)27-2)18(25)11-13-6-5-7-14(10-13)20(21,22)23/h5-10,12H,4,11H2,1-3H3. The molecule has 0 heterocycles. The van der Waals surface area contributed by atoms with Gasteiger partial charge in [-0.3, -0.25) is 4.79 Å². The Labute approximate surface area is 160 Å². The molecule has 2 rings (SSSR count). The summed E-state index contributed by atoms with van der Waals surface area (Å²) in [5.41, 5.74) is 0.125. The van der Waals surface area contributed by atoms with Crippen molar-refractivity contribution in [2.75, 3.05) is 25.7 Å². The van der Waals surface area contributed by atoms with Gasteiger partial charge in [-0.25, -0.2) is 4.79 Å². The summed E-state index contributed by atoms with van der Waals surface area (Å²) in [6.07, 6.45) is -4.67. The zero-order valence-corrected chi connectivity index (χ0v) is 15.7. The van der Waals surface area contributed by atoms with E-state index >= 15 is 0 Å². The second-order valence-corrected chi connectivity index (χ2v) is 5.89. The van der Waals surface area contributed by atoms with Crippen LogP contribution in [0.4, 0.5) is 18.9 Å². The third-order valence-electron chi connectivity index (χ3n) is 4.13. The van der Waals surface area contributed by atoms with Crippen LogP contribution in [0.2, 0.25) is 0 Å². The van der Waals surface area contributed by atoms with E-state index in [9.17, 15) is 22.8 Å². The number of likely N-dealkylation sites (N-methyl/N-ethyl adjacent to an activating group) is 1. The van der Waals surface area contributed by atoms with E-state index in [1.807, 2.05) is 0 Å². The number of halogens is 3. The van der Waals surface area contributed by atoms with Crippen LogP contribution in [0.3, 0.4) is 0 Å². The number of carbonyl (C=O) groups is 2. The number of rotatable bonds is 6. The Morgan fingerprint density at radius 3 is 2.36 bits per heavy atom. The van der Waals surface area contributed by atoms with Gasteiger partial charge in [-0.05, 0) is 30.7 Å². The number of esters is 1. The number of methoxy groups -OCH3 is 2. The summed E-state index contributed by atoms with van der Waals surface area (Å²) in [6.45, 7) is 2.03. The molecule has 0 aliphatic rings. The summed E-state index contributed by atoms with van der Waals surface area (Å²) in [4.78, 5) is 25.9. The van der Waals surface area contributed by atoms with Gasteiger partial charge in [-0.15, -0.1) is 0 Å². The highest BCUT2D eigenvalue weighted by molar-refractivity contribution is 5.97. The fourth-order valence-electron chi connectivity index (χ4n) is 2.76. The molecule has 1 amide bonds. The van der Waals surface area contributed by atoms with Crippen molar-refractivity contribution in [1.29, 1.82) is 0 Å². The SMILES string of the molecule is CCN(C(=O)Cc1cccc(C(F)(F)F)c1)c1ccc(C(=O)OC)c(OC)c1. The third-order valence-corrected chi connectivity index (χ3v) is 4.13. The van der Waals surface area contributed by atoms with Crippen molar-refractivity contribution < 1.29 is 32.2 Å². The van der Waals surface area contributed by atoms with Crippen LogP contribution < -0.4 is 9.64 Å². The number of hydrogen-bond donors (Lipinski definition) is 0. The predicted octanol–water partition coefficient (Wildman–Crippen LogP) is 4.10. The molecule has 8 heteroatoms. The molecule has 0 radical (unpaired) electrons. The third kappa shape index (κ3) is 4.82. The Balaban J connectivity index is 2.28. The predicted molar refractivity (Wildman–Crippen MR) is 97.5 cm³/mol. The maximum absolute atomic E-state index is 12.9. The molecule has 0 aromatic heterocycles. The number of nitrogens with zero attached hydrogens (tertiary/aromatic N) is 1. The van der Waals surface area contributed by atoms with Crippen molar-refractivity contribution in [3.8, 4) is 5.75 Å². The van der Waals surface area contributed by atoms with Gasteiger partial charge in [0.1, 0.15) is 11.3 Å². The number of ether oxygens (including phenoxy) is 2. The van der Waals surface area contributed by atoms with Crippen molar-refractivity contribution in [3.05, 3.63) is 59.2 Å². The topological polar surface area (TPSA) is 55.8 Å². The molecule has 150 valence electrons. The molecule has 0 N–H and O–H groups in total. The normalized spacial score (nSPS) is 11.1. The average molecular weight is 395 g/mol. The number of benzene rings is 2. The van der Waals surface area contributed by atoms with E-state index in [-0.39, 0.29) is 29.2 Å². The lowest BCUT2D eigenvalue weighted by atomic mass is 10.1. The smallest absolute Gasteiger partial charge is 0.416 e. The monoisotopic (exact) mass is 395 g/mol. The quantitative estimate of drug-likeness (QED) is 0.692. The zero-order valence-electron chi connectivity index (χ0n) is 15.7. The van der Waals surface area contributed by atoms with Gasteiger partial charge >= 0.3 is 12.1 Å². The Bertz CT molecular complexity index is 865. The number of alkyl halides is 3. The molecule has 0 aliphatic heterocycles. The van der Waals surface area contributed by atoms with E-state index in [1.54, 1.807) is 13.0 Å². The molecule has 5 nitrogen and oxygen atoms in total. The lowest BCUT2D eigenvalue weighted by molar-refractivity contribution is -0.137. The fraction of sp³-hybridized carbons (Fsp3) is 0.300. The largest absolute Gasteiger partial charge is 0.496 e. The molecule has 0 saturated heterocycles. The van der Waals surface area contributed by atoms with Crippen molar-refractivity contribution in [2.24, 2.45) is 0 Å². The molecule has 0 unspecified atom stereocenters. The molecule has 0 bridgehead atoms. The van der Waals surface area contributed by atoms with Gasteiger partial charge in [0, 0.05) is 18.3 Å². The van der Waals surface area contributed by atoms with Crippen LogP contribution in [-0.4, -0.2) is 32.6 Å². The molecular weight excluding hydrogens is 375 g/mol. The van der Waals surface area contributed by atoms with Gasteiger partial charge in [0.15, 0.2) is 0 Å². The first-order valence-corrected chi connectivity index (χ1v) is 8.44. The first-order chi connectivity index (χ1) is 13.2. The van der Waals surface area contributed by atoms with Crippen molar-refractivity contribution in [2.45, 2.75) is 19.5 Å². The zero-order chi connectivity index (χ0) is 20.9. The minimum Gasteiger partial charge on any atom is -0.496 e. The van der Waals surface area contributed by atoms with E-state index in [0.29, 0.717) is 12.2 Å². The molecular formula is C20H20F3NO4. The second-order valence-electron chi connectivity index (χ2n) is 5.89. The summed E-state index contributed by atoms with van der Waals surface area (Å²) >= 11 is 0. The number of carbonyl (C=O) groups excluding carboxylic acids is 2. The van der Waals surface area contributed by atoms with E-state index in [2.05, 4.69) is 4.74 Å². The number of amides is 1. The molecule has 28 heavy (non-hydrogen) atoms. The lowest BCUT2D eigenvalue weighted by Gasteiger charge is -2.22. The van der Waals surface area contributed by atoms with Crippen LogP contribution in [0.25, 0.3) is 0 Å². The minimum atomic E-state index is -4.47. The summed E-state index contributed by atoms with van der Waals surface area (Å²) in [6, 6.07) is 9.22. The van der Waals surface area contributed by atoms with Crippen molar-refractivity contribution in [3.63, 3.8) is 0 Å². The maximum atomic E-state index is 12.9. The lowest BCUT2D eigenvalue weighted by Crippen LogP contribution is -2.32. The molecule has 0 fully saturated rings. The second kappa shape index (κ2) is 8.77. The Hall–Kier alpha value is -3.03. The van der Waals surface area contributed by atoms with Crippen molar-refractivity contribution in [1.82, 2.24) is 0 Å². The molecule has 2 aromatic rings. The van der Waals surface area contributed by atoms with E-state index in [1.165, 1.54) is 43.4 Å². The summed E-state index contributed by atoms with van der Waals surface area (Å²) < 4.78 is 48.5.